The molecule has 1 aromatic carbocycles. The first-order valence-corrected chi connectivity index (χ1v) is 8.13. The van der Waals surface area contributed by atoms with Gasteiger partial charge in [-0.3, -0.25) is 0 Å². The number of aryl methyl sites for hydroxylation is 1. The van der Waals surface area contributed by atoms with Crippen molar-refractivity contribution in [3.63, 3.8) is 0 Å². The lowest BCUT2D eigenvalue weighted by Gasteiger charge is -2.03. The third kappa shape index (κ3) is 2.36. The van der Waals surface area contributed by atoms with Gasteiger partial charge in [0.15, 0.2) is 0 Å². The maximum atomic E-state index is 6.35. The molecule has 0 unspecified atom stereocenters. The number of aromatic nitrogens is 2. The highest BCUT2D eigenvalue weighted by atomic mass is 32.1. The Bertz CT molecular complexity index is 741. The number of thiophene rings is 1. The van der Waals surface area contributed by atoms with Crippen LogP contribution < -0.4 is 5.73 Å². The van der Waals surface area contributed by atoms with Crippen molar-refractivity contribution in [1.29, 1.82) is 0 Å². The lowest BCUT2D eigenvalue weighted by molar-refractivity contribution is 0.895. The molecule has 3 aromatic rings. The van der Waals surface area contributed by atoms with Gasteiger partial charge < -0.3 is 5.73 Å². The van der Waals surface area contributed by atoms with Gasteiger partial charge in [-0.1, -0.05) is 32.0 Å². The minimum absolute atomic E-state index is 0.745. The number of para-hydroxylation sites is 1. The molecular formula is C17H19N3S. The van der Waals surface area contributed by atoms with Gasteiger partial charge in [0.05, 0.1) is 10.6 Å². The van der Waals surface area contributed by atoms with E-state index in [1.807, 2.05) is 35.0 Å². The standard InChI is InChI=1S/C17H19N3S/c1-3-12-10-11-21-16(12)15-14(4-2)17(18)20(19-15)13-8-6-5-7-9-13/h5-11H,3-4,18H2,1-2H3. The number of hydrogen-bond donors (Lipinski definition) is 1. The topological polar surface area (TPSA) is 43.8 Å². The van der Waals surface area contributed by atoms with Crippen molar-refractivity contribution >= 4 is 17.2 Å². The lowest BCUT2D eigenvalue weighted by Crippen LogP contribution is -2.02. The van der Waals surface area contributed by atoms with Gasteiger partial charge in [0.25, 0.3) is 0 Å². The summed E-state index contributed by atoms with van der Waals surface area (Å²) in [5, 5.41) is 6.93. The minimum atomic E-state index is 0.745. The third-order valence-corrected chi connectivity index (χ3v) is 4.68. The second-order valence-electron chi connectivity index (χ2n) is 4.94. The Hall–Kier alpha value is -2.07. The zero-order valence-corrected chi connectivity index (χ0v) is 13.2. The average Bonchev–Trinajstić information content (AvgIpc) is 3.11. The van der Waals surface area contributed by atoms with Crippen LogP contribution in [0.1, 0.15) is 25.0 Å². The van der Waals surface area contributed by atoms with E-state index in [2.05, 4.69) is 25.3 Å². The first-order valence-electron chi connectivity index (χ1n) is 7.25. The highest BCUT2D eigenvalue weighted by Crippen LogP contribution is 2.35. The molecule has 0 amide bonds. The van der Waals surface area contributed by atoms with E-state index in [0.29, 0.717) is 0 Å². The first-order chi connectivity index (χ1) is 10.3. The molecule has 0 atom stereocenters. The lowest BCUT2D eigenvalue weighted by atomic mass is 10.1. The molecule has 0 aliphatic rings. The van der Waals surface area contributed by atoms with E-state index in [9.17, 15) is 0 Å². The summed E-state index contributed by atoms with van der Waals surface area (Å²) in [6.45, 7) is 4.31. The number of anilines is 1. The summed E-state index contributed by atoms with van der Waals surface area (Å²) < 4.78 is 1.85. The number of nitrogens with zero attached hydrogens (tertiary/aromatic N) is 2. The molecule has 0 spiro atoms. The smallest absolute Gasteiger partial charge is 0.131 e. The normalized spacial score (nSPS) is 11.0. The first kappa shape index (κ1) is 13.9. The van der Waals surface area contributed by atoms with Crippen LogP contribution in [0, 0.1) is 0 Å². The maximum Gasteiger partial charge on any atom is 0.131 e. The summed E-state index contributed by atoms with van der Waals surface area (Å²) in [4.78, 5) is 1.25. The number of benzene rings is 1. The molecule has 2 aromatic heterocycles. The van der Waals surface area contributed by atoms with Gasteiger partial charge in [-0.05, 0) is 42.0 Å². The zero-order valence-electron chi connectivity index (χ0n) is 12.3. The summed E-state index contributed by atoms with van der Waals surface area (Å²) >= 11 is 1.74. The fourth-order valence-corrected chi connectivity index (χ4v) is 3.59. The molecule has 2 heterocycles. The van der Waals surface area contributed by atoms with Crippen LogP contribution in [0.25, 0.3) is 16.3 Å². The summed E-state index contributed by atoms with van der Waals surface area (Å²) in [5.74, 6) is 0.745. The van der Waals surface area contributed by atoms with Crippen molar-refractivity contribution < 1.29 is 0 Å². The fraction of sp³-hybridized carbons (Fsp3) is 0.235. The van der Waals surface area contributed by atoms with Crippen molar-refractivity contribution in [2.45, 2.75) is 26.7 Å². The van der Waals surface area contributed by atoms with Crippen LogP contribution in [-0.2, 0) is 12.8 Å². The predicted molar refractivity (Wildman–Crippen MR) is 90.0 cm³/mol. The second kappa shape index (κ2) is 5.74. The van der Waals surface area contributed by atoms with Crippen molar-refractivity contribution in [1.82, 2.24) is 9.78 Å². The van der Waals surface area contributed by atoms with Gasteiger partial charge in [-0.2, -0.15) is 5.10 Å². The SMILES string of the molecule is CCc1ccsc1-c1nn(-c2ccccc2)c(N)c1CC. The van der Waals surface area contributed by atoms with Crippen LogP contribution in [0.4, 0.5) is 5.82 Å². The molecule has 0 saturated heterocycles. The van der Waals surface area contributed by atoms with E-state index < -0.39 is 0 Å². The molecule has 4 heteroatoms. The predicted octanol–water partition coefficient (Wildman–Crippen LogP) is 4.31. The number of hydrogen-bond acceptors (Lipinski definition) is 3. The van der Waals surface area contributed by atoms with E-state index in [1.165, 1.54) is 10.4 Å². The Morgan fingerprint density at radius 1 is 1.10 bits per heavy atom. The zero-order chi connectivity index (χ0) is 14.8. The van der Waals surface area contributed by atoms with Gasteiger partial charge >= 0.3 is 0 Å². The quantitative estimate of drug-likeness (QED) is 0.780. The van der Waals surface area contributed by atoms with E-state index in [-0.39, 0.29) is 0 Å². The molecule has 0 aliphatic carbocycles. The molecule has 0 bridgehead atoms. The Labute approximate surface area is 129 Å². The summed E-state index contributed by atoms with van der Waals surface area (Å²) in [7, 11) is 0. The Balaban J connectivity index is 2.19. The molecule has 3 nitrogen and oxygen atoms in total. The Kier molecular flexibility index (Phi) is 3.80. The summed E-state index contributed by atoms with van der Waals surface area (Å²) in [5.41, 5.74) is 10.9. The van der Waals surface area contributed by atoms with Crippen molar-refractivity contribution in [2.24, 2.45) is 0 Å². The van der Waals surface area contributed by atoms with Crippen LogP contribution in [0.5, 0.6) is 0 Å². The average molecular weight is 297 g/mol. The Morgan fingerprint density at radius 3 is 2.52 bits per heavy atom. The highest BCUT2D eigenvalue weighted by molar-refractivity contribution is 7.13. The van der Waals surface area contributed by atoms with Gasteiger partial charge in [0, 0.05) is 5.56 Å². The molecular weight excluding hydrogens is 278 g/mol. The molecule has 0 fully saturated rings. The van der Waals surface area contributed by atoms with Crippen molar-refractivity contribution in [2.75, 3.05) is 5.73 Å². The van der Waals surface area contributed by atoms with Crippen LogP contribution in [-0.4, -0.2) is 9.78 Å². The minimum Gasteiger partial charge on any atom is -0.383 e. The molecule has 2 N–H and O–H groups in total. The van der Waals surface area contributed by atoms with Crippen LogP contribution >= 0.6 is 11.3 Å². The maximum absolute atomic E-state index is 6.35. The molecule has 0 aliphatic heterocycles. The van der Waals surface area contributed by atoms with Gasteiger partial charge in [0.1, 0.15) is 11.5 Å². The number of nitrogens with two attached hydrogens (primary N) is 1. The largest absolute Gasteiger partial charge is 0.383 e. The number of nitrogen functional groups attached to an aromatic ring is 1. The third-order valence-electron chi connectivity index (χ3n) is 3.72. The Morgan fingerprint density at radius 2 is 1.86 bits per heavy atom. The fourth-order valence-electron chi connectivity index (χ4n) is 2.58. The van der Waals surface area contributed by atoms with E-state index in [0.717, 1.165) is 35.6 Å². The van der Waals surface area contributed by atoms with E-state index in [4.69, 9.17) is 10.8 Å². The molecule has 21 heavy (non-hydrogen) atoms. The second-order valence-corrected chi connectivity index (χ2v) is 5.86. The molecule has 3 rings (SSSR count). The number of rotatable bonds is 4. The molecule has 0 saturated carbocycles. The summed E-state index contributed by atoms with van der Waals surface area (Å²) in [6.07, 6.45) is 1.90. The highest BCUT2D eigenvalue weighted by Gasteiger charge is 2.19. The van der Waals surface area contributed by atoms with Crippen molar-refractivity contribution in [3.05, 3.63) is 52.9 Å². The van der Waals surface area contributed by atoms with Crippen LogP contribution in [0.3, 0.4) is 0 Å². The van der Waals surface area contributed by atoms with Gasteiger partial charge in [-0.25, -0.2) is 4.68 Å². The molecule has 108 valence electrons. The van der Waals surface area contributed by atoms with Gasteiger partial charge in [-0.15, -0.1) is 11.3 Å². The van der Waals surface area contributed by atoms with Crippen LogP contribution in [0.15, 0.2) is 41.8 Å². The van der Waals surface area contributed by atoms with Crippen molar-refractivity contribution in [3.8, 4) is 16.3 Å². The monoisotopic (exact) mass is 297 g/mol. The van der Waals surface area contributed by atoms with E-state index >= 15 is 0 Å². The molecule has 0 radical (unpaired) electrons. The summed E-state index contributed by atoms with van der Waals surface area (Å²) in [6, 6.07) is 12.2. The van der Waals surface area contributed by atoms with Crippen LogP contribution in [0.2, 0.25) is 0 Å². The van der Waals surface area contributed by atoms with E-state index in [1.54, 1.807) is 11.3 Å². The van der Waals surface area contributed by atoms with Gasteiger partial charge in [0.2, 0.25) is 0 Å².